The number of hydrogen-bond donors (Lipinski definition) is 2. The maximum absolute atomic E-state index is 12.3. The number of rotatable bonds is 3. The van der Waals surface area contributed by atoms with Gasteiger partial charge in [-0.3, -0.25) is 4.79 Å². The zero-order chi connectivity index (χ0) is 14.5. The molecule has 1 amide bonds. The molecule has 0 unspecified atom stereocenters. The van der Waals surface area contributed by atoms with Crippen molar-refractivity contribution in [3.8, 4) is 11.8 Å². The van der Waals surface area contributed by atoms with Crippen LogP contribution in [0.5, 0.6) is 0 Å². The van der Waals surface area contributed by atoms with Crippen molar-refractivity contribution >= 4 is 5.91 Å². The molecule has 0 spiro atoms. The minimum Gasteiger partial charge on any atom is -0.347 e. The van der Waals surface area contributed by atoms with Gasteiger partial charge in [-0.25, -0.2) is 0 Å². The van der Waals surface area contributed by atoms with E-state index < -0.39 is 0 Å². The van der Waals surface area contributed by atoms with Gasteiger partial charge in [0.05, 0.1) is 6.54 Å². The third kappa shape index (κ3) is 4.42. The van der Waals surface area contributed by atoms with Crippen molar-refractivity contribution < 1.29 is 4.79 Å². The molecule has 3 nitrogen and oxygen atoms in total. The molecular formula is C16H22N2O. The van der Waals surface area contributed by atoms with Crippen LogP contribution in [-0.4, -0.2) is 18.0 Å². The van der Waals surface area contributed by atoms with E-state index in [0.29, 0.717) is 12.1 Å². The molecule has 19 heavy (non-hydrogen) atoms. The van der Waals surface area contributed by atoms with E-state index in [4.69, 9.17) is 5.73 Å². The number of benzene rings is 1. The third-order valence-electron chi connectivity index (χ3n) is 3.15. The van der Waals surface area contributed by atoms with Crippen LogP contribution in [0.15, 0.2) is 18.2 Å². The molecule has 1 aromatic rings. The minimum absolute atomic E-state index is 0.0549. The van der Waals surface area contributed by atoms with E-state index in [1.165, 1.54) is 0 Å². The third-order valence-corrected chi connectivity index (χ3v) is 3.15. The lowest BCUT2D eigenvalue weighted by molar-refractivity contribution is 0.0910. The van der Waals surface area contributed by atoms with Crippen molar-refractivity contribution in [1.29, 1.82) is 0 Å². The van der Waals surface area contributed by atoms with E-state index in [9.17, 15) is 4.79 Å². The van der Waals surface area contributed by atoms with Gasteiger partial charge in [-0.05, 0) is 44.9 Å². The second-order valence-corrected chi connectivity index (χ2v) is 5.23. The van der Waals surface area contributed by atoms with E-state index in [1.54, 1.807) is 0 Å². The number of carbonyl (C=O) groups excluding carboxylic acids is 1. The molecule has 0 saturated carbocycles. The first-order chi connectivity index (χ1) is 8.89. The Hall–Kier alpha value is -1.79. The van der Waals surface area contributed by atoms with Gasteiger partial charge in [0.2, 0.25) is 0 Å². The number of nitrogens with one attached hydrogen (secondary N) is 1. The maximum atomic E-state index is 12.3. The van der Waals surface area contributed by atoms with Crippen molar-refractivity contribution in [2.75, 3.05) is 6.54 Å². The summed E-state index contributed by atoms with van der Waals surface area (Å²) in [5.41, 5.74) is 7.58. The van der Waals surface area contributed by atoms with Crippen LogP contribution in [0, 0.1) is 18.8 Å². The second kappa shape index (κ2) is 6.40. The summed E-state index contributed by atoms with van der Waals surface area (Å²) in [6.45, 7) is 8.32. The predicted molar refractivity (Wildman–Crippen MR) is 78.9 cm³/mol. The van der Waals surface area contributed by atoms with Gasteiger partial charge >= 0.3 is 0 Å². The summed E-state index contributed by atoms with van der Waals surface area (Å²) >= 11 is 0. The first kappa shape index (κ1) is 15.3. The van der Waals surface area contributed by atoms with Crippen molar-refractivity contribution in [3.05, 3.63) is 34.9 Å². The lowest BCUT2D eigenvalue weighted by Gasteiger charge is -2.25. The van der Waals surface area contributed by atoms with Crippen LogP contribution in [0.2, 0.25) is 0 Å². The Bertz CT molecular complexity index is 521. The van der Waals surface area contributed by atoms with Gasteiger partial charge in [0.1, 0.15) is 0 Å². The largest absolute Gasteiger partial charge is 0.347 e. The quantitative estimate of drug-likeness (QED) is 0.817. The number of amides is 1. The van der Waals surface area contributed by atoms with Crippen LogP contribution in [0.25, 0.3) is 0 Å². The summed E-state index contributed by atoms with van der Waals surface area (Å²) in [6.07, 6.45) is 0.879. The monoisotopic (exact) mass is 258 g/mol. The van der Waals surface area contributed by atoms with E-state index in [0.717, 1.165) is 17.5 Å². The maximum Gasteiger partial charge on any atom is 0.252 e. The lowest BCUT2D eigenvalue weighted by Crippen LogP contribution is -2.43. The molecule has 0 aliphatic heterocycles. The normalized spacial score (nSPS) is 10.6. The van der Waals surface area contributed by atoms with Crippen LogP contribution in [0.4, 0.5) is 0 Å². The fraction of sp³-hybridized carbons (Fsp3) is 0.438. The zero-order valence-corrected chi connectivity index (χ0v) is 12.1. The standard InChI is InChI=1S/C16H22N2O/c1-5-16(3,4)18-15(19)14-11-13(7-6-10-17)9-8-12(14)2/h8-9,11H,5,10,17H2,1-4H3,(H,18,19). The second-order valence-electron chi connectivity index (χ2n) is 5.23. The summed E-state index contributed by atoms with van der Waals surface area (Å²) in [4.78, 5) is 12.3. The van der Waals surface area contributed by atoms with Crippen LogP contribution < -0.4 is 11.1 Å². The number of carbonyl (C=O) groups is 1. The van der Waals surface area contributed by atoms with Gasteiger partial charge in [-0.15, -0.1) is 0 Å². The van der Waals surface area contributed by atoms with E-state index in [-0.39, 0.29) is 11.4 Å². The molecule has 0 aliphatic carbocycles. The van der Waals surface area contributed by atoms with Gasteiger partial charge in [0, 0.05) is 16.7 Å². The van der Waals surface area contributed by atoms with Crippen molar-refractivity contribution in [2.45, 2.75) is 39.7 Å². The molecule has 1 rings (SSSR count). The average molecular weight is 258 g/mol. The molecule has 0 saturated heterocycles. The van der Waals surface area contributed by atoms with Gasteiger partial charge in [0.25, 0.3) is 5.91 Å². The average Bonchev–Trinajstić information content (AvgIpc) is 2.37. The minimum atomic E-state index is -0.206. The molecule has 102 valence electrons. The number of aryl methyl sites for hydroxylation is 1. The molecule has 3 heteroatoms. The van der Waals surface area contributed by atoms with E-state index in [2.05, 4.69) is 24.1 Å². The Balaban J connectivity index is 3.02. The van der Waals surface area contributed by atoms with Crippen LogP contribution in [0.3, 0.4) is 0 Å². The molecule has 0 aliphatic rings. The summed E-state index contributed by atoms with van der Waals surface area (Å²) in [5.74, 6) is 5.69. The molecule has 3 N–H and O–H groups in total. The molecule has 0 heterocycles. The number of hydrogen-bond acceptors (Lipinski definition) is 2. The highest BCUT2D eigenvalue weighted by Gasteiger charge is 2.19. The van der Waals surface area contributed by atoms with Crippen LogP contribution >= 0.6 is 0 Å². The Kier molecular flexibility index (Phi) is 5.14. The molecule has 0 fully saturated rings. The van der Waals surface area contributed by atoms with Crippen molar-refractivity contribution in [3.63, 3.8) is 0 Å². The fourth-order valence-electron chi connectivity index (χ4n) is 1.56. The summed E-state index contributed by atoms with van der Waals surface area (Å²) < 4.78 is 0. The first-order valence-electron chi connectivity index (χ1n) is 6.51. The Labute approximate surface area is 115 Å². The summed E-state index contributed by atoms with van der Waals surface area (Å²) in [5, 5.41) is 3.03. The summed E-state index contributed by atoms with van der Waals surface area (Å²) in [7, 11) is 0. The van der Waals surface area contributed by atoms with Gasteiger partial charge < -0.3 is 11.1 Å². The molecule has 0 aromatic heterocycles. The first-order valence-corrected chi connectivity index (χ1v) is 6.51. The van der Waals surface area contributed by atoms with Crippen molar-refractivity contribution in [1.82, 2.24) is 5.32 Å². The van der Waals surface area contributed by atoms with Gasteiger partial charge in [-0.1, -0.05) is 24.8 Å². The highest BCUT2D eigenvalue weighted by molar-refractivity contribution is 5.96. The highest BCUT2D eigenvalue weighted by Crippen LogP contribution is 2.14. The fourth-order valence-corrected chi connectivity index (χ4v) is 1.56. The topological polar surface area (TPSA) is 55.1 Å². The highest BCUT2D eigenvalue weighted by atomic mass is 16.1. The van der Waals surface area contributed by atoms with E-state index in [1.807, 2.05) is 39.0 Å². The van der Waals surface area contributed by atoms with Crippen molar-refractivity contribution in [2.24, 2.45) is 5.73 Å². The smallest absolute Gasteiger partial charge is 0.252 e. The Morgan fingerprint density at radius 3 is 2.68 bits per heavy atom. The van der Waals surface area contributed by atoms with Gasteiger partial charge in [-0.2, -0.15) is 0 Å². The van der Waals surface area contributed by atoms with Crippen LogP contribution in [-0.2, 0) is 0 Å². The molecule has 0 bridgehead atoms. The Morgan fingerprint density at radius 2 is 2.11 bits per heavy atom. The molecular weight excluding hydrogens is 236 g/mol. The SMILES string of the molecule is CCC(C)(C)NC(=O)c1cc(C#CCN)ccc1C. The zero-order valence-electron chi connectivity index (χ0n) is 12.1. The predicted octanol–water partition coefficient (Wildman–Crippen LogP) is 2.22. The van der Waals surface area contributed by atoms with E-state index >= 15 is 0 Å². The number of nitrogens with two attached hydrogens (primary N) is 1. The lowest BCUT2D eigenvalue weighted by atomic mass is 9.99. The summed E-state index contributed by atoms with van der Waals surface area (Å²) in [6, 6.07) is 5.63. The molecule has 0 atom stereocenters. The van der Waals surface area contributed by atoms with Crippen LogP contribution in [0.1, 0.15) is 48.7 Å². The Morgan fingerprint density at radius 1 is 1.42 bits per heavy atom. The van der Waals surface area contributed by atoms with Gasteiger partial charge in [0.15, 0.2) is 0 Å². The molecule has 0 radical (unpaired) electrons. The molecule has 1 aromatic carbocycles.